The SMILES string of the molecule is C=CCN(CC=C)C(=O)c1cc(OCC(=O)NCCCCCN)cc(C(=O)N[C@H](C)c2ccccc2)c1.CC(NC(=O)c1cc(OCC(=O)NCCCCCN)cc(-c2ccccc2C#N)c1)c1ccccc1.CC(NC(=O)c1cc(OCC(=O)NCCCCCN)cc(OS(=O)(=O)Cc2ccccc2)c1)c1ccccc1. The van der Waals surface area contributed by atoms with E-state index in [1.807, 2.05) is 124 Å². The third kappa shape index (κ3) is 32.3. The molecule has 0 spiro atoms. The van der Waals surface area contributed by atoms with Crippen LogP contribution in [0.1, 0.15) is 166 Å². The molecule has 25 heteroatoms. The minimum absolute atomic E-state index is 0.0943. The zero-order valence-electron chi connectivity index (χ0n) is 64.0. The minimum atomic E-state index is -4.04. The molecule has 592 valence electrons. The van der Waals surface area contributed by atoms with Gasteiger partial charge in [0.1, 0.15) is 28.8 Å². The highest BCUT2D eigenvalue weighted by Gasteiger charge is 2.23. The van der Waals surface area contributed by atoms with Crippen molar-refractivity contribution in [2.45, 2.75) is 102 Å². The summed E-state index contributed by atoms with van der Waals surface area (Å²) in [6.07, 6.45) is 11.3. The summed E-state index contributed by atoms with van der Waals surface area (Å²) in [4.78, 5) is 90.8. The third-order valence-corrected chi connectivity index (χ3v) is 18.3. The van der Waals surface area contributed by atoms with Gasteiger partial charge >= 0.3 is 10.1 Å². The average molecular weight is 1540 g/mol. The molecule has 7 amide bonds. The number of carbonyl (C=O) groups excluding carboxylic acids is 7. The summed E-state index contributed by atoms with van der Waals surface area (Å²) in [5, 5.41) is 26.8. The first-order valence-corrected chi connectivity index (χ1v) is 39.0. The molecule has 8 aromatic carbocycles. The number of ether oxygens (including phenoxy) is 3. The fraction of sp³-hybridized carbons (Fsp3) is 0.310. The third-order valence-electron chi connectivity index (χ3n) is 17.1. The number of carbonyl (C=O) groups is 7. The molecule has 0 bridgehead atoms. The summed E-state index contributed by atoms with van der Waals surface area (Å²) < 4.78 is 47.9. The number of unbranched alkanes of at least 4 members (excludes halogenated alkanes) is 6. The lowest BCUT2D eigenvalue weighted by atomic mass is 9.98. The zero-order valence-corrected chi connectivity index (χ0v) is 64.9. The zero-order chi connectivity index (χ0) is 80.9. The van der Waals surface area contributed by atoms with Gasteiger partial charge in [-0.2, -0.15) is 13.7 Å². The van der Waals surface area contributed by atoms with Crippen LogP contribution in [0.3, 0.4) is 0 Å². The summed E-state index contributed by atoms with van der Waals surface area (Å²) in [5.41, 5.74) is 22.7. The quantitative estimate of drug-likeness (QED) is 0.00974. The minimum Gasteiger partial charge on any atom is -0.484 e. The van der Waals surface area contributed by atoms with Crippen LogP contribution in [-0.4, -0.2) is 127 Å². The first-order valence-electron chi connectivity index (χ1n) is 37.4. The molecule has 0 saturated carbocycles. The molecule has 0 fully saturated rings. The van der Waals surface area contributed by atoms with E-state index in [1.54, 1.807) is 77.7 Å². The number of rotatable bonds is 43. The second-order valence-electron chi connectivity index (χ2n) is 26.2. The Morgan fingerprint density at radius 1 is 0.446 bits per heavy atom. The van der Waals surface area contributed by atoms with Crippen LogP contribution in [-0.2, 0) is 30.3 Å². The number of hydrogen-bond donors (Lipinski definition) is 9. The highest BCUT2D eigenvalue weighted by atomic mass is 32.2. The molecule has 0 aliphatic rings. The van der Waals surface area contributed by atoms with Crippen LogP contribution in [0.4, 0.5) is 0 Å². The Bertz CT molecular complexity index is 4460. The van der Waals surface area contributed by atoms with E-state index in [0.29, 0.717) is 85.9 Å². The molecule has 3 atom stereocenters. The van der Waals surface area contributed by atoms with Crippen molar-refractivity contribution in [3.8, 4) is 40.2 Å². The van der Waals surface area contributed by atoms with Crippen molar-refractivity contribution in [2.24, 2.45) is 17.2 Å². The Labute approximate surface area is 658 Å². The largest absolute Gasteiger partial charge is 0.484 e. The molecule has 0 saturated heterocycles. The molecule has 24 nitrogen and oxygen atoms in total. The molecule has 112 heavy (non-hydrogen) atoms. The summed E-state index contributed by atoms with van der Waals surface area (Å²) in [5.74, 6) is -1.96. The molecule has 8 aromatic rings. The molecule has 12 N–H and O–H groups in total. The van der Waals surface area contributed by atoms with Gasteiger partial charge in [0.15, 0.2) is 19.8 Å². The van der Waals surface area contributed by atoms with E-state index >= 15 is 0 Å². The van der Waals surface area contributed by atoms with E-state index in [0.717, 1.165) is 74.5 Å². The highest BCUT2D eigenvalue weighted by molar-refractivity contribution is 7.86. The lowest BCUT2D eigenvalue weighted by Crippen LogP contribution is -2.32. The van der Waals surface area contributed by atoms with Crippen LogP contribution < -0.4 is 67.5 Å². The number of nitrogens with two attached hydrogens (primary N) is 3. The maximum Gasteiger partial charge on any atom is 0.313 e. The lowest BCUT2D eigenvalue weighted by Gasteiger charge is -2.21. The first-order chi connectivity index (χ1) is 54.2. The van der Waals surface area contributed by atoms with E-state index in [4.69, 9.17) is 35.6 Å². The van der Waals surface area contributed by atoms with Gasteiger partial charge in [-0.1, -0.05) is 171 Å². The highest BCUT2D eigenvalue weighted by Crippen LogP contribution is 2.31. The number of benzene rings is 8. The monoisotopic (exact) mass is 1540 g/mol. The standard InChI is InChI=1S/C29H38N4O4.C29H32N4O3.C29H35N3O6S/c1-4-16-33(17-5-2)29(36)25-18-24(28(35)32-22(3)23-12-8-6-9-13-23)19-26(20-25)37-21-27(34)31-15-11-7-10-14-30;1-21(22-10-4-2-5-11-22)33-29(35)25-16-24(27-13-7-6-12-23(27)19-31)17-26(18-25)36-20-28(34)32-15-9-3-8-14-30;1-22(24-13-7-3-8-14-24)32-29(34)25-17-26(37-20-28(33)31-16-10-4-9-15-30)19-27(18-25)38-39(35,36)21-23-11-5-2-6-12-23/h4-6,8-9,12-13,18-20,22H,1-2,7,10-11,14-17,21,30H2,3H3,(H,31,34)(H,32,35);2,4-7,10-13,16-18,21H,3,8-9,14-15,20,30H2,1H3,(H,32,34)(H,33,35);2-3,5-8,11-14,17-19,22H,4,9-10,15-16,20-21,30H2,1H3,(H,31,33)(H,32,34)/t22-;;/m1../s1. The van der Waals surface area contributed by atoms with Gasteiger partial charge in [-0.15, -0.1) is 13.2 Å². The van der Waals surface area contributed by atoms with Crippen molar-refractivity contribution in [3.05, 3.63) is 276 Å². The number of amides is 7. The van der Waals surface area contributed by atoms with Crippen LogP contribution in [0.25, 0.3) is 11.1 Å². The van der Waals surface area contributed by atoms with Crippen molar-refractivity contribution < 1.29 is 60.4 Å². The Balaban J connectivity index is 0.000000262. The second-order valence-corrected chi connectivity index (χ2v) is 27.8. The van der Waals surface area contributed by atoms with Crippen molar-refractivity contribution in [1.29, 1.82) is 5.26 Å². The lowest BCUT2D eigenvalue weighted by molar-refractivity contribution is -0.123. The molecule has 0 aliphatic carbocycles. The van der Waals surface area contributed by atoms with Crippen LogP contribution in [0.5, 0.6) is 23.0 Å². The van der Waals surface area contributed by atoms with E-state index in [9.17, 15) is 47.2 Å². The average Bonchev–Trinajstić information content (AvgIpc) is 0.858. The molecule has 0 heterocycles. The second kappa shape index (κ2) is 49.3. The Morgan fingerprint density at radius 3 is 1.21 bits per heavy atom. The molecule has 0 aliphatic heterocycles. The van der Waals surface area contributed by atoms with Crippen LogP contribution in [0.2, 0.25) is 0 Å². The van der Waals surface area contributed by atoms with E-state index < -0.39 is 16.0 Å². The summed E-state index contributed by atoms with van der Waals surface area (Å²) >= 11 is 0. The van der Waals surface area contributed by atoms with Gasteiger partial charge in [-0.05, 0) is 167 Å². The first kappa shape index (κ1) is 88.9. The summed E-state index contributed by atoms with van der Waals surface area (Å²) in [6, 6.07) is 59.7. The Morgan fingerprint density at radius 2 is 0.804 bits per heavy atom. The molecule has 2 unspecified atom stereocenters. The Hall–Kier alpha value is -12.0. The van der Waals surface area contributed by atoms with Crippen LogP contribution >= 0.6 is 0 Å². The van der Waals surface area contributed by atoms with Gasteiger partial charge in [0, 0.05) is 61.0 Å². The smallest absolute Gasteiger partial charge is 0.313 e. The van der Waals surface area contributed by atoms with Crippen molar-refractivity contribution in [3.63, 3.8) is 0 Å². The predicted molar refractivity (Wildman–Crippen MR) is 437 cm³/mol. The maximum atomic E-state index is 13.2. The molecule has 0 aromatic heterocycles. The van der Waals surface area contributed by atoms with Gasteiger partial charge in [-0.25, -0.2) is 0 Å². The van der Waals surface area contributed by atoms with E-state index in [2.05, 4.69) is 51.1 Å². The van der Waals surface area contributed by atoms with E-state index in [1.165, 1.54) is 36.4 Å². The van der Waals surface area contributed by atoms with Gasteiger partial charge in [-0.3, -0.25) is 33.6 Å². The molecular formula is C87H105N11O13S. The molecule has 0 radical (unpaired) electrons. The van der Waals surface area contributed by atoms with Crippen molar-refractivity contribution in [1.82, 2.24) is 36.8 Å². The summed E-state index contributed by atoms with van der Waals surface area (Å²) in [7, 11) is -4.04. The Kier molecular flexibility index (Phi) is 39.1. The fourth-order valence-electron chi connectivity index (χ4n) is 11.2. The number of nitrogens with zero attached hydrogens (tertiary/aromatic N) is 2. The number of nitrogens with one attached hydrogen (secondary N) is 6. The van der Waals surface area contributed by atoms with E-state index in [-0.39, 0.29) is 113 Å². The number of nitriles is 1. The van der Waals surface area contributed by atoms with Crippen molar-refractivity contribution >= 4 is 51.5 Å². The maximum absolute atomic E-state index is 13.2. The number of hydrogen-bond acceptors (Lipinski definition) is 17. The normalized spacial score (nSPS) is 11.4. The van der Waals surface area contributed by atoms with Crippen molar-refractivity contribution in [2.75, 3.05) is 72.2 Å². The van der Waals surface area contributed by atoms with Crippen LogP contribution in [0, 0.1) is 11.3 Å². The van der Waals surface area contributed by atoms with Gasteiger partial charge in [0.05, 0.1) is 29.8 Å². The molecule has 8 rings (SSSR count). The van der Waals surface area contributed by atoms with Gasteiger partial charge < -0.3 is 72.4 Å². The topological polar surface area (TPSA) is 368 Å². The summed E-state index contributed by atoms with van der Waals surface area (Å²) in [6.45, 7) is 16.4. The fourth-order valence-corrected chi connectivity index (χ4v) is 12.2. The predicted octanol–water partition coefficient (Wildman–Crippen LogP) is 11.7. The van der Waals surface area contributed by atoms with Gasteiger partial charge in [0.2, 0.25) is 0 Å². The van der Waals surface area contributed by atoms with Crippen LogP contribution in [0.15, 0.2) is 226 Å². The van der Waals surface area contributed by atoms with Gasteiger partial charge in [0.25, 0.3) is 41.4 Å². The molecular weight excluding hydrogens is 1440 g/mol.